The SMILES string of the molecule is C[C@H](NC(=O)[C@H](C1CC(C)(C)C1)n1c(=O)[nH]c2ccc(F)cc2c1=O)c1ncc(F)cc1F. The van der Waals surface area contributed by atoms with Gasteiger partial charge in [0.1, 0.15) is 23.5 Å². The highest BCUT2D eigenvalue weighted by Gasteiger charge is 2.45. The predicted octanol–water partition coefficient (Wildman–Crippen LogP) is 3.36. The maximum atomic E-state index is 14.2. The molecule has 33 heavy (non-hydrogen) atoms. The second-order valence-electron chi connectivity index (χ2n) is 9.32. The summed E-state index contributed by atoms with van der Waals surface area (Å²) in [5.74, 6) is -3.47. The van der Waals surface area contributed by atoms with Gasteiger partial charge in [-0.05, 0) is 49.3 Å². The van der Waals surface area contributed by atoms with Crippen LogP contribution in [0.4, 0.5) is 13.2 Å². The number of carbonyl (C=O) groups is 1. The molecule has 2 aromatic heterocycles. The van der Waals surface area contributed by atoms with Gasteiger partial charge >= 0.3 is 5.69 Å². The lowest BCUT2D eigenvalue weighted by atomic mass is 9.62. The van der Waals surface area contributed by atoms with Gasteiger partial charge in [-0.25, -0.2) is 22.5 Å². The number of benzene rings is 1. The first-order chi connectivity index (χ1) is 15.5. The quantitative estimate of drug-likeness (QED) is 0.610. The van der Waals surface area contributed by atoms with Crippen LogP contribution < -0.4 is 16.6 Å². The molecule has 0 aliphatic heterocycles. The summed E-state index contributed by atoms with van der Waals surface area (Å²) in [6.45, 7) is 5.47. The van der Waals surface area contributed by atoms with E-state index < -0.39 is 46.7 Å². The summed E-state index contributed by atoms with van der Waals surface area (Å²) in [5, 5.41) is 2.53. The molecule has 0 unspecified atom stereocenters. The molecule has 1 aromatic carbocycles. The number of halogens is 3. The summed E-state index contributed by atoms with van der Waals surface area (Å²) < 4.78 is 41.9. The molecule has 1 aliphatic rings. The molecule has 1 saturated carbocycles. The third-order valence-corrected chi connectivity index (χ3v) is 6.12. The van der Waals surface area contributed by atoms with Gasteiger partial charge in [-0.15, -0.1) is 0 Å². The normalized spacial score (nSPS) is 17.4. The third kappa shape index (κ3) is 4.29. The number of hydrogen-bond acceptors (Lipinski definition) is 4. The highest BCUT2D eigenvalue weighted by atomic mass is 19.1. The van der Waals surface area contributed by atoms with Crippen LogP contribution in [0.2, 0.25) is 0 Å². The Morgan fingerprint density at radius 1 is 1.18 bits per heavy atom. The molecule has 2 atom stereocenters. The van der Waals surface area contributed by atoms with Gasteiger partial charge in [-0.1, -0.05) is 13.8 Å². The molecule has 1 amide bonds. The van der Waals surface area contributed by atoms with Crippen LogP contribution >= 0.6 is 0 Å². The van der Waals surface area contributed by atoms with E-state index >= 15 is 0 Å². The van der Waals surface area contributed by atoms with E-state index in [-0.39, 0.29) is 27.9 Å². The van der Waals surface area contributed by atoms with Gasteiger partial charge in [0.2, 0.25) is 5.91 Å². The third-order valence-electron chi connectivity index (χ3n) is 6.12. The van der Waals surface area contributed by atoms with Crippen molar-refractivity contribution in [2.45, 2.75) is 45.7 Å². The van der Waals surface area contributed by atoms with E-state index in [1.54, 1.807) is 0 Å². The van der Waals surface area contributed by atoms with Gasteiger partial charge in [0.05, 0.1) is 28.8 Å². The Bertz CT molecular complexity index is 1360. The Kier molecular flexibility index (Phi) is 5.63. The Morgan fingerprint density at radius 3 is 2.52 bits per heavy atom. The van der Waals surface area contributed by atoms with Crippen LogP contribution in [-0.2, 0) is 4.79 Å². The van der Waals surface area contributed by atoms with Crippen molar-refractivity contribution in [2.75, 3.05) is 0 Å². The van der Waals surface area contributed by atoms with Crippen LogP contribution in [0.3, 0.4) is 0 Å². The number of H-pyrrole nitrogens is 1. The number of amides is 1. The average molecular weight is 460 g/mol. The minimum Gasteiger partial charge on any atom is -0.346 e. The van der Waals surface area contributed by atoms with Gasteiger partial charge in [0.15, 0.2) is 0 Å². The molecule has 0 saturated heterocycles. The van der Waals surface area contributed by atoms with Gasteiger partial charge in [-0.3, -0.25) is 14.6 Å². The number of fused-ring (bicyclic) bond motifs is 1. The molecule has 10 heteroatoms. The summed E-state index contributed by atoms with van der Waals surface area (Å²) in [7, 11) is 0. The minimum atomic E-state index is -1.20. The Morgan fingerprint density at radius 2 is 1.88 bits per heavy atom. The number of carbonyl (C=O) groups excluding carboxylic acids is 1. The monoisotopic (exact) mass is 460 g/mol. The zero-order valence-electron chi connectivity index (χ0n) is 18.3. The first-order valence-electron chi connectivity index (χ1n) is 10.5. The molecule has 4 rings (SSSR count). The molecular formula is C23H23F3N4O3. The Hall–Kier alpha value is -3.43. The molecule has 1 aliphatic carbocycles. The molecule has 7 nitrogen and oxygen atoms in total. The Labute approximate surface area is 186 Å². The zero-order valence-corrected chi connectivity index (χ0v) is 18.3. The van der Waals surface area contributed by atoms with Crippen LogP contribution in [0.15, 0.2) is 40.1 Å². The summed E-state index contributed by atoms with van der Waals surface area (Å²) in [6, 6.07) is 1.90. The van der Waals surface area contributed by atoms with E-state index in [4.69, 9.17) is 0 Å². The summed E-state index contributed by atoms with van der Waals surface area (Å²) in [4.78, 5) is 45.6. The lowest BCUT2D eigenvalue weighted by molar-refractivity contribution is -0.129. The standard InChI is InChI=1S/C23H23F3N4O3/c1-11(18-16(26)7-14(25)10-27-18)28-20(31)19(12-8-23(2,3)9-12)30-21(32)15-6-13(24)4-5-17(15)29-22(30)33/h4-7,10-12,19H,8-9H2,1-3H3,(H,28,31)(H,29,33)/t11-,19-/m0/s1. The molecule has 3 aromatic rings. The van der Waals surface area contributed by atoms with Crippen LogP contribution in [0.25, 0.3) is 10.9 Å². The van der Waals surface area contributed by atoms with Crippen LogP contribution in [0.5, 0.6) is 0 Å². The second-order valence-corrected chi connectivity index (χ2v) is 9.32. The predicted molar refractivity (Wildman–Crippen MR) is 115 cm³/mol. The van der Waals surface area contributed by atoms with Crippen molar-refractivity contribution in [2.24, 2.45) is 11.3 Å². The van der Waals surface area contributed by atoms with E-state index in [0.717, 1.165) is 22.9 Å². The molecule has 2 N–H and O–H groups in total. The van der Waals surface area contributed by atoms with Crippen molar-refractivity contribution in [1.82, 2.24) is 19.9 Å². The molecule has 0 bridgehead atoms. The van der Waals surface area contributed by atoms with Crippen molar-refractivity contribution in [3.05, 3.63) is 74.4 Å². The topological polar surface area (TPSA) is 96.9 Å². The lowest BCUT2D eigenvalue weighted by Crippen LogP contribution is -2.51. The van der Waals surface area contributed by atoms with Gasteiger partial charge < -0.3 is 10.3 Å². The van der Waals surface area contributed by atoms with E-state index in [0.29, 0.717) is 18.9 Å². The summed E-state index contributed by atoms with van der Waals surface area (Å²) >= 11 is 0. The Balaban J connectivity index is 1.76. The highest BCUT2D eigenvalue weighted by Crippen LogP contribution is 2.49. The van der Waals surface area contributed by atoms with Crippen LogP contribution in [0, 0.1) is 28.8 Å². The largest absolute Gasteiger partial charge is 0.346 e. The fourth-order valence-electron chi connectivity index (χ4n) is 4.69. The minimum absolute atomic E-state index is 0.0646. The number of nitrogens with zero attached hydrogens (tertiary/aromatic N) is 2. The van der Waals surface area contributed by atoms with Crippen LogP contribution in [0.1, 0.15) is 51.4 Å². The van der Waals surface area contributed by atoms with Gasteiger partial charge in [-0.2, -0.15) is 0 Å². The van der Waals surface area contributed by atoms with E-state index in [9.17, 15) is 27.6 Å². The summed E-state index contributed by atoms with van der Waals surface area (Å²) in [5.41, 5.74) is -1.71. The first kappa shape index (κ1) is 22.8. The van der Waals surface area contributed by atoms with Gasteiger partial charge in [0.25, 0.3) is 5.56 Å². The zero-order chi connectivity index (χ0) is 24.1. The lowest BCUT2D eigenvalue weighted by Gasteiger charge is -2.46. The van der Waals surface area contributed by atoms with E-state index in [1.807, 2.05) is 13.8 Å². The maximum Gasteiger partial charge on any atom is 0.329 e. The number of pyridine rings is 1. The highest BCUT2D eigenvalue weighted by molar-refractivity contribution is 5.82. The van der Waals surface area contributed by atoms with Crippen molar-refractivity contribution in [1.29, 1.82) is 0 Å². The fraction of sp³-hybridized carbons (Fsp3) is 0.391. The number of aromatic amines is 1. The first-order valence-corrected chi connectivity index (χ1v) is 10.5. The van der Waals surface area contributed by atoms with Crippen molar-refractivity contribution in [3.8, 4) is 0 Å². The molecule has 0 radical (unpaired) electrons. The molecule has 1 fully saturated rings. The molecular weight excluding hydrogens is 437 g/mol. The summed E-state index contributed by atoms with van der Waals surface area (Å²) in [6.07, 6.45) is 1.96. The fourth-order valence-corrected chi connectivity index (χ4v) is 4.69. The van der Waals surface area contributed by atoms with Crippen molar-refractivity contribution in [3.63, 3.8) is 0 Å². The second kappa shape index (κ2) is 8.17. The number of aromatic nitrogens is 3. The molecule has 174 valence electrons. The number of nitrogens with one attached hydrogen (secondary N) is 2. The van der Waals surface area contributed by atoms with Crippen molar-refractivity contribution < 1.29 is 18.0 Å². The molecule has 2 heterocycles. The van der Waals surface area contributed by atoms with Crippen LogP contribution in [-0.4, -0.2) is 20.4 Å². The van der Waals surface area contributed by atoms with E-state index in [1.165, 1.54) is 13.0 Å². The average Bonchev–Trinajstić information content (AvgIpc) is 2.69. The molecule has 0 spiro atoms. The van der Waals surface area contributed by atoms with Crippen molar-refractivity contribution >= 4 is 16.8 Å². The number of rotatable bonds is 5. The van der Waals surface area contributed by atoms with E-state index in [2.05, 4.69) is 15.3 Å². The van der Waals surface area contributed by atoms with Gasteiger partial charge in [0, 0.05) is 6.07 Å². The maximum absolute atomic E-state index is 14.2. The number of hydrogen-bond donors (Lipinski definition) is 2. The smallest absolute Gasteiger partial charge is 0.329 e.